The van der Waals surface area contributed by atoms with E-state index in [-0.39, 0.29) is 30.0 Å². The molecule has 1 unspecified atom stereocenters. The van der Waals surface area contributed by atoms with Gasteiger partial charge in [-0.1, -0.05) is 31.2 Å². The smallest absolute Gasteiger partial charge is 0.192 e. The number of nitrogens with zero attached hydrogens (tertiary/aromatic N) is 2. The summed E-state index contributed by atoms with van der Waals surface area (Å²) in [6.45, 7) is 12.0. The fourth-order valence-corrected chi connectivity index (χ4v) is 3.38. The number of halogens is 1. The van der Waals surface area contributed by atoms with Crippen LogP contribution >= 0.6 is 35.3 Å². The molecule has 0 aliphatic heterocycles. The molecule has 6 heteroatoms. The van der Waals surface area contributed by atoms with Crippen LogP contribution in [0.25, 0.3) is 0 Å². The van der Waals surface area contributed by atoms with Crippen molar-refractivity contribution in [3.05, 3.63) is 51.0 Å². The van der Waals surface area contributed by atoms with Crippen LogP contribution in [0.1, 0.15) is 53.5 Å². The van der Waals surface area contributed by atoms with Crippen molar-refractivity contribution in [2.75, 3.05) is 6.54 Å². The van der Waals surface area contributed by atoms with E-state index in [1.807, 2.05) is 13.8 Å². The molecule has 2 N–H and O–H groups in total. The fourth-order valence-electron chi connectivity index (χ4n) is 2.52. The zero-order valence-corrected chi connectivity index (χ0v) is 18.9. The molecule has 0 radical (unpaired) electrons. The molecular weight excluding hydrogens is 443 g/mol. The van der Waals surface area contributed by atoms with Gasteiger partial charge in [-0.2, -0.15) is 0 Å². The largest absolute Gasteiger partial charge is 0.357 e. The van der Waals surface area contributed by atoms with Crippen molar-refractivity contribution in [3.63, 3.8) is 0 Å². The van der Waals surface area contributed by atoms with Crippen LogP contribution in [0.15, 0.2) is 29.3 Å². The van der Waals surface area contributed by atoms with Gasteiger partial charge in [-0.25, -0.2) is 9.98 Å². The van der Waals surface area contributed by atoms with Crippen molar-refractivity contribution in [3.8, 4) is 0 Å². The Hall–Kier alpha value is -1.15. The summed E-state index contributed by atoms with van der Waals surface area (Å²) in [5.74, 6) is 0.843. The van der Waals surface area contributed by atoms with Crippen LogP contribution in [-0.4, -0.2) is 17.5 Å². The molecular formula is C19H29IN4S. The Bertz CT molecular complexity index is 679. The summed E-state index contributed by atoms with van der Waals surface area (Å²) < 4.78 is 0. The van der Waals surface area contributed by atoms with Crippen LogP contribution in [0, 0.1) is 13.8 Å². The number of hydrogen-bond donors (Lipinski definition) is 2. The number of aliphatic imine (C=N–C) groups is 1. The Balaban J connectivity index is 0.00000312. The van der Waals surface area contributed by atoms with Gasteiger partial charge in [0.15, 0.2) is 5.96 Å². The minimum absolute atomic E-state index is 0. The Labute approximate surface area is 172 Å². The van der Waals surface area contributed by atoms with Gasteiger partial charge in [0.2, 0.25) is 0 Å². The van der Waals surface area contributed by atoms with Crippen molar-refractivity contribution >= 4 is 41.3 Å². The second-order valence-corrected chi connectivity index (χ2v) is 7.19. The first-order valence-corrected chi connectivity index (χ1v) is 9.41. The molecule has 1 aromatic heterocycles. The minimum atomic E-state index is 0. The summed E-state index contributed by atoms with van der Waals surface area (Å²) in [5, 5.41) is 7.91. The molecule has 4 nitrogen and oxygen atoms in total. The van der Waals surface area contributed by atoms with E-state index in [2.05, 4.69) is 60.7 Å². The number of aromatic nitrogens is 1. The minimum Gasteiger partial charge on any atom is -0.357 e. The van der Waals surface area contributed by atoms with E-state index in [0.717, 1.165) is 29.6 Å². The normalized spacial score (nSPS) is 12.4. The quantitative estimate of drug-likeness (QED) is 0.362. The molecule has 2 aromatic rings. The summed E-state index contributed by atoms with van der Waals surface area (Å²) >= 11 is 1.72. The van der Waals surface area contributed by atoms with Crippen molar-refractivity contribution in [1.82, 2.24) is 15.6 Å². The first-order valence-electron chi connectivity index (χ1n) is 8.60. The van der Waals surface area contributed by atoms with Crippen LogP contribution in [0.4, 0.5) is 0 Å². The van der Waals surface area contributed by atoms with Gasteiger partial charge >= 0.3 is 0 Å². The number of rotatable bonds is 6. The Kier molecular flexibility index (Phi) is 9.42. The fraction of sp³-hybridized carbons (Fsp3) is 0.474. The number of guanidine groups is 1. The Morgan fingerprint density at radius 1 is 1.20 bits per heavy atom. The molecule has 0 saturated carbocycles. The second-order valence-electron chi connectivity index (χ2n) is 5.90. The van der Waals surface area contributed by atoms with E-state index >= 15 is 0 Å². The molecule has 1 aromatic carbocycles. The van der Waals surface area contributed by atoms with E-state index in [4.69, 9.17) is 4.99 Å². The highest BCUT2D eigenvalue weighted by atomic mass is 127. The summed E-state index contributed by atoms with van der Waals surface area (Å²) in [6.07, 6.45) is 1.07. The maximum Gasteiger partial charge on any atom is 0.192 e. The number of benzene rings is 1. The maximum absolute atomic E-state index is 4.72. The third kappa shape index (κ3) is 6.58. The lowest BCUT2D eigenvalue weighted by Crippen LogP contribution is -2.38. The summed E-state index contributed by atoms with van der Waals surface area (Å²) in [6, 6.07) is 8.98. The Morgan fingerprint density at radius 3 is 2.40 bits per heavy atom. The molecule has 1 atom stereocenters. The lowest BCUT2D eigenvalue weighted by molar-refractivity contribution is 0.686. The maximum atomic E-state index is 4.72. The van der Waals surface area contributed by atoms with Crippen molar-refractivity contribution in [1.29, 1.82) is 0 Å². The van der Waals surface area contributed by atoms with E-state index in [0.29, 0.717) is 6.54 Å². The molecule has 0 saturated heterocycles. The highest BCUT2D eigenvalue weighted by Crippen LogP contribution is 2.18. The molecule has 0 amide bonds. The predicted molar refractivity (Wildman–Crippen MR) is 119 cm³/mol. The average Bonchev–Trinajstić information content (AvgIpc) is 2.90. The van der Waals surface area contributed by atoms with Gasteiger partial charge in [-0.15, -0.1) is 35.3 Å². The van der Waals surface area contributed by atoms with Gasteiger partial charge in [0.05, 0.1) is 23.3 Å². The van der Waals surface area contributed by atoms with E-state index < -0.39 is 0 Å². The van der Waals surface area contributed by atoms with Gasteiger partial charge in [-0.3, -0.25) is 0 Å². The molecule has 0 spiro atoms. The molecule has 0 aliphatic rings. The van der Waals surface area contributed by atoms with Crippen LogP contribution < -0.4 is 10.6 Å². The van der Waals surface area contributed by atoms with Gasteiger partial charge < -0.3 is 10.6 Å². The van der Waals surface area contributed by atoms with Gasteiger partial charge in [0.1, 0.15) is 0 Å². The topological polar surface area (TPSA) is 49.3 Å². The highest BCUT2D eigenvalue weighted by Gasteiger charge is 2.09. The third-order valence-electron chi connectivity index (χ3n) is 3.97. The van der Waals surface area contributed by atoms with Crippen LogP contribution in [0.3, 0.4) is 0 Å². The zero-order chi connectivity index (χ0) is 17.5. The number of thiazole rings is 1. The highest BCUT2D eigenvalue weighted by molar-refractivity contribution is 14.0. The molecule has 0 aliphatic carbocycles. The number of nitrogens with one attached hydrogen (secondary N) is 2. The summed E-state index contributed by atoms with van der Waals surface area (Å²) in [7, 11) is 0. The molecule has 138 valence electrons. The summed E-state index contributed by atoms with van der Waals surface area (Å²) in [4.78, 5) is 10.4. The van der Waals surface area contributed by atoms with E-state index in [1.54, 1.807) is 11.3 Å². The third-order valence-corrected chi connectivity index (χ3v) is 5.02. The lowest BCUT2D eigenvalue weighted by Gasteiger charge is -2.18. The van der Waals surface area contributed by atoms with Gasteiger partial charge in [0, 0.05) is 11.4 Å². The molecule has 2 rings (SSSR count). The molecule has 0 bridgehead atoms. The van der Waals surface area contributed by atoms with Crippen LogP contribution in [0.5, 0.6) is 0 Å². The number of aryl methyl sites for hydroxylation is 3. The molecule has 0 fully saturated rings. The van der Waals surface area contributed by atoms with Gasteiger partial charge in [0.25, 0.3) is 0 Å². The molecule has 25 heavy (non-hydrogen) atoms. The van der Waals surface area contributed by atoms with E-state index in [1.165, 1.54) is 16.0 Å². The average molecular weight is 472 g/mol. The first-order chi connectivity index (χ1) is 11.5. The zero-order valence-electron chi connectivity index (χ0n) is 15.7. The van der Waals surface area contributed by atoms with E-state index in [9.17, 15) is 0 Å². The van der Waals surface area contributed by atoms with Crippen molar-refractivity contribution in [2.45, 2.75) is 53.6 Å². The predicted octanol–water partition coefficient (Wildman–Crippen LogP) is 4.76. The SMILES string of the molecule is CCNC(=NCc1sc(C)nc1C)NC(C)c1ccc(CC)cc1.I. The summed E-state index contributed by atoms with van der Waals surface area (Å²) in [5.41, 5.74) is 3.71. The Morgan fingerprint density at radius 2 is 1.88 bits per heavy atom. The van der Waals surface area contributed by atoms with Crippen molar-refractivity contribution < 1.29 is 0 Å². The van der Waals surface area contributed by atoms with Crippen molar-refractivity contribution in [2.24, 2.45) is 4.99 Å². The van der Waals surface area contributed by atoms with Crippen LogP contribution in [-0.2, 0) is 13.0 Å². The lowest BCUT2D eigenvalue weighted by atomic mass is 10.1. The van der Waals surface area contributed by atoms with Gasteiger partial charge in [-0.05, 0) is 45.2 Å². The number of hydrogen-bond acceptors (Lipinski definition) is 3. The van der Waals surface area contributed by atoms with Crippen LogP contribution in [0.2, 0.25) is 0 Å². The monoisotopic (exact) mass is 472 g/mol. The standard InChI is InChI=1S/C19H28N4S.HI/c1-6-16-8-10-17(11-9-16)13(3)23-19(20-7-2)21-12-18-14(4)22-15(5)24-18;/h8-11,13H,6-7,12H2,1-5H3,(H2,20,21,23);1H. The first kappa shape index (κ1) is 21.9. The molecule has 1 heterocycles. The second kappa shape index (κ2) is 10.8.